The molecule has 0 heterocycles. The summed E-state index contributed by atoms with van der Waals surface area (Å²) in [7, 11) is 1.97. The van der Waals surface area contributed by atoms with Gasteiger partial charge in [0, 0.05) is 11.3 Å². The summed E-state index contributed by atoms with van der Waals surface area (Å²) in [6.45, 7) is 6.42. The number of likely N-dealkylation sites (N-methyl/N-ethyl adjacent to an activating group) is 1. The molecule has 0 aliphatic rings. The summed E-state index contributed by atoms with van der Waals surface area (Å²) >= 11 is 0. The Bertz CT molecular complexity index is 682. The first-order chi connectivity index (χ1) is 10.9. The van der Waals surface area contributed by atoms with Crippen LogP contribution >= 0.6 is 0 Å². The van der Waals surface area contributed by atoms with Gasteiger partial charge in [0.15, 0.2) is 6.54 Å². The quantitative estimate of drug-likeness (QED) is 0.874. The van der Waals surface area contributed by atoms with Crippen LogP contribution < -0.4 is 10.2 Å². The highest BCUT2D eigenvalue weighted by atomic mass is 19.1. The van der Waals surface area contributed by atoms with Crippen LogP contribution in [0.1, 0.15) is 29.7 Å². The fraction of sp³-hybridized carbons (Fsp3) is 0.316. The van der Waals surface area contributed by atoms with Gasteiger partial charge in [-0.05, 0) is 50.1 Å². The first kappa shape index (κ1) is 17.2. The monoisotopic (exact) mass is 315 g/mol. The fourth-order valence-corrected chi connectivity index (χ4v) is 2.52. The number of nitrogens with one attached hydrogen (secondary N) is 2. The van der Waals surface area contributed by atoms with Crippen molar-refractivity contribution in [3.05, 3.63) is 65.0 Å². The molecular formula is C19H24FN2O+. The predicted molar refractivity (Wildman–Crippen MR) is 91.1 cm³/mol. The van der Waals surface area contributed by atoms with Crippen LogP contribution in [0.3, 0.4) is 0 Å². The lowest BCUT2D eigenvalue weighted by Crippen LogP contribution is -3.10. The lowest BCUT2D eigenvalue weighted by Gasteiger charge is -2.22. The van der Waals surface area contributed by atoms with Gasteiger partial charge in [-0.1, -0.05) is 24.3 Å². The number of carbonyl (C=O) groups is 1. The standard InChI is InChI=1S/C19H23FN2O/c1-13-6-5-7-18(14(13)2)21-19(23)12-22(4)15(3)16-8-10-17(20)11-9-16/h5-11,15H,12H2,1-4H3,(H,21,23)/p+1/t15-/m1/s1. The topological polar surface area (TPSA) is 33.5 Å². The molecule has 1 unspecified atom stereocenters. The van der Waals surface area contributed by atoms with Crippen LogP contribution in [0.2, 0.25) is 0 Å². The van der Waals surface area contributed by atoms with Crippen molar-refractivity contribution in [3.8, 4) is 0 Å². The van der Waals surface area contributed by atoms with Crippen molar-refractivity contribution in [1.82, 2.24) is 0 Å². The largest absolute Gasteiger partial charge is 0.324 e. The number of hydrogen-bond acceptors (Lipinski definition) is 1. The van der Waals surface area contributed by atoms with Crippen molar-refractivity contribution in [2.75, 3.05) is 18.9 Å². The van der Waals surface area contributed by atoms with E-state index in [1.54, 1.807) is 12.1 Å². The van der Waals surface area contributed by atoms with Crippen molar-refractivity contribution in [3.63, 3.8) is 0 Å². The van der Waals surface area contributed by atoms with E-state index < -0.39 is 0 Å². The van der Waals surface area contributed by atoms with Crippen LogP contribution in [-0.4, -0.2) is 19.5 Å². The van der Waals surface area contributed by atoms with E-state index in [2.05, 4.69) is 5.32 Å². The van der Waals surface area contributed by atoms with Crippen molar-refractivity contribution in [2.45, 2.75) is 26.8 Å². The van der Waals surface area contributed by atoms with Crippen molar-refractivity contribution in [2.24, 2.45) is 0 Å². The van der Waals surface area contributed by atoms with Gasteiger partial charge in [0.25, 0.3) is 5.91 Å². The zero-order valence-electron chi connectivity index (χ0n) is 14.1. The van der Waals surface area contributed by atoms with Gasteiger partial charge in [-0.15, -0.1) is 0 Å². The molecule has 0 aliphatic heterocycles. The SMILES string of the molecule is Cc1cccc(NC(=O)C[NH+](C)[C@H](C)c2ccc(F)cc2)c1C. The van der Waals surface area contributed by atoms with Gasteiger partial charge in [0.05, 0.1) is 7.05 Å². The van der Waals surface area contributed by atoms with E-state index in [1.165, 1.54) is 12.1 Å². The summed E-state index contributed by atoms with van der Waals surface area (Å²) in [5.41, 5.74) is 4.12. The number of benzene rings is 2. The summed E-state index contributed by atoms with van der Waals surface area (Å²) in [5.74, 6) is -0.267. The Kier molecular flexibility index (Phi) is 5.50. The Labute approximate surface area is 137 Å². The van der Waals surface area contributed by atoms with E-state index in [1.807, 2.05) is 46.0 Å². The number of amides is 1. The minimum atomic E-state index is -0.244. The Hall–Kier alpha value is -2.20. The molecule has 0 radical (unpaired) electrons. The third-order valence-electron chi connectivity index (χ3n) is 4.43. The maximum absolute atomic E-state index is 13.0. The molecule has 23 heavy (non-hydrogen) atoms. The van der Waals surface area contributed by atoms with E-state index in [4.69, 9.17) is 0 Å². The Balaban J connectivity index is 1.99. The second kappa shape index (κ2) is 7.38. The Morgan fingerprint density at radius 3 is 2.48 bits per heavy atom. The lowest BCUT2D eigenvalue weighted by molar-refractivity contribution is -0.902. The van der Waals surface area contributed by atoms with Crippen molar-refractivity contribution >= 4 is 11.6 Å². The van der Waals surface area contributed by atoms with Gasteiger partial charge in [-0.3, -0.25) is 4.79 Å². The number of hydrogen-bond donors (Lipinski definition) is 2. The molecule has 2 N–H and O–H groups in total. The van der Waals surface area contributed by atoms with Gasteiger partial charge in [-0.25, -0.2) is 4.39 Å². The summed E-state index contributed by atoms with van der Waals surface area (Å²) in [6, 6.07) is 12.4. The average Bonchev–Trinajstić information content (AvgIpc) is 2.52. The molecular weight excluding hydrogens is 291 g/mol. The van der Waals surface area contributed by atoms with Crippen LogP contribution in [0, 0.1) is 19.7 Å². The fourth-order valence-electron chi connectivity index (χ4n) is 2.52. The smallest absolute Gasteiger partial charge is 0.279 e. The van der Waals surface area contributed by atoms with E-state index >= 15 is 0 Å². The number of quaternary nitrogens is 1. The van der Waals surface area contributed by atoms with Crippen LogP contribution in [0.15, 0.2) is 42.5 Å². The molecule has 0 aromatic heterocycles. The first-order valence-corrected chi connectivity index (χ1v) is 7.82. The van der Waals surface area contributed by atoms with Crippen LogP contribution in [0.25, 0.3) is 0 Å². The van der Waals surface area contributed by atoms with Gasteiger partial charge in [0.2, 0.25) is 0 Å². The maximum atomic E-state index is 13.0. The molecule has 3 nitrogen and oxygen atoms in total. The molecule has 0 aliphatic carbocycles. The number of aryl methyl sites for hydroxylation is 1. The van der Waals surface area contributed by atoms with Gasteiger partial charge >= 0.3 is 0 Å². The number of rotatable bonds is 5. The van der Waals surface area contributed by atoms with Crippen molar-refractivity contribution < 1.29 is 14.1 Å². The maximum Gasteiger partial charge on any atom is 0.279 e. The molecule has 2 aromatic rings. The summed E-state index contributed by atoms with van der Waals surface area (Å²) in [5, 5.41) is 2.98. The van der Waals surface area contributed by atoms with Gasteiger partial charge < -0.3 is 10.2 Å². The molecule has 4 heteroatoms. The minimum absolute atomic E-state index is 0.0230. The zero-order chi connectivity index (χ0) is 17.0. The second-order valence-electron chi connectivity index (χ2n) is 6.09. The molecule has 0 saturated carbocycles. The average molecular weight is 315 g/mol. The molecule has 2 aromatic carbocycles. The van der Waals surface area contributed by atoms with E-state index in [9.17, 15) is 9.18 Å². The Morgan fingerprint density at radius 1 is 1.17 bits per heavy atom. The molecule has 0 bridgehead atoms. The molecule has 122 valence electrons. The van der Waals surface area contributed by atoms with Crippen molar-refractivity contribution in [1.29, 1.82) is 0 Å². The zero-order valence-corrected chi connectivity index (χ0v) is 14.1. The van der Waals surface area contributed by atoms with Crippen LogP contribution in [0.4, 0.5) is 10.1 Å². The van der Waals surface area contributed by atoms with Crippen LogP contribution in [-0.2, 0) is 4.79 Å². The minimum Gasteiger partial charge on any atom is -0.324 e. The highest BCUT2D eigenvalue weighted by molar-refractivity contribution is 5.92. The number of anilines is 1. The van der Waals surface area contributed by atoms with E-state index in [-0.39, 0.29) is 17.8 Å². The first-order valence-electron chi connectivity index (χ1n) is 7.82. The number of halogens is 1. The van der Waals surface area contributed by atoms with Gasteiger partial charge in [-0.2, -0.15) is 0 Å². The second-order valence-corrected chi connectivity index (χ2v) is 6.09. The molecule has 0 saturated heterocycles. The summed E-state index contributed by atoms with van der Waals surface area (Å²) in [6.07, 6.45) is 0. The predicted octanol–water partition coefficient (Wildman–Crippen LogP) is 2.66. The normalized spacial score (nSPS) is 13.4. The molecule has 1 amide bonds. The molecule has 2 rings (SSSR count). The van der Waals surface area contributed by atoms with Gasteiger partial charge in [0.1, 0.15) is 11.9 Å². The highest BCUT2D eigenvalue weighted by Crippen LogP contribution is 2.17. The molecule has 0 spiro atoms. The highest BCUT2D eigenvalue weighted by Gasteiger charge is 2.19. The van der Waals surface area contributed by atoms with E-state index in [0.29, 0.717) is 6.54 Å². The number of carbonyl (C=O) groups excluding carboxylic acids is 1. The summed E-state index contributed by atoms with van der Waals surface area (Å²) < 4.78 is 13.0. The van der Waals surface area contributed by atoms with E-state index in [0.717, 1.165) is 27.3 Å². The van der Waals surface area contributed by atoms with Crippen LogP contribution in [0.5, 0.6) is 0 Å². The molecule has 0 fully saturated rings. The third-order valence-corrected chi connectivity index (χ3v) is 4.43. The summed E-state index contributed by atoms with van der Waals surface area (Å²) in [4.78, 5) is 13.3. The lowest BCUT2D eigenvalue weighted by atomic mass is 10.1. The third kappa shape index (κ3) is 4.39. The molecule has 2 atom stereocenters. The Morgan fingerprint density at radius 2 is 1.83 bits per heavy atom.